The number of pyridine rings is 1. The van der Waals surface area contributed by atoms with Crippen LogP contribution in [0, 0.1) is 0 Å². The van der Waals surface area contributed by atoms with E-state index < -0.39 is 0 Å². The van der Waals surface area contributed by atoms with Gasteiger partial charge in [-0.25, -0.2) is 4.98 Å². The molecule has 0 spiro atoms. The molecule has 0 aliphatic heterocycles. The molecule has 2 amide bonds. The van der Waals surface area contributed by atoms with Gasteiger partial charge in [0.25, 0.3) is 5.91 Å². The molecule has 0 unspecified atom stereocenters. The summed E-state index contributed by atoms with van der Waals surface area (Å²) in [5.41, 5.74) is 2.04. The second-order valence-electron chi connectivity index (χ2n) is 5.31. The molecule has 6 nitrogen and oxygen atoms in total. The molecule has 0 atom stereocenters. The van der Waals surface area contributed by atoms with E-state index in [1.807, 2.05) is 35.0 Å². The third kappa shape index (κ3) is 4.67. The van der Waals surface area contributed by atoms with Gasteiger partial charge in [-0.3, -0.25) is 9.59 Å². The van der Waals surface area contributed by atoms with E-state index in [2.05, 4.69) is 47.5 Å². The van der Waals surface area contributed by atoms with E-state index in [1.54, 1.807) is 18.2 Å². The standard InChI is InChI=1S/C17H14Br2N4O2/c18-12-3-1-2-11(6-12)17(25)21-8-16(24)20-7-14-10-23-9-13(19)4-5-15(23)22-14/h1-6,9-10H,7-8H2,(H,20,24)(H,21,25). The first kappa shape index (κ1) is 17.6. The largest absolute Gasteiger partial charge is 0.349 e. The Bertz CT molecular complexity index is 939. The molecule has 0 fully saturated rings. The highest BCUT2D eigenvalue weighted by molar-refractivity contribution is 9.10. The summed E-state index contributed by atoms with van der Waals surface area (Å²) >= 11 is 6.71. The number of carbonyl (C=O) groups is 2. The van der Waals surface area contributed by atoms with Crippen molar-refractivity contribution in [2.24, 2.45) is 0 Å². The van der Waals surface area contributed by atoms with E-state index in [0.717, 1.165) is 20.3 Å². The number of carbonyl (C=O) groups excluding carboxylic acids is 2. The first-order valence-electron chi connectivity index (χ1n) is 7.45. The molecular formula is C17H14Br2N4O2. The fraction of sp³-hybridized carbons (Fsp3) is 0.118. The van der Waals surface area contributed by atoms with Crippen LogP contribution in [0.2, 0.25) is 0 Å². The maximum absolute atomic E-state index is 12.0. The molecule has 2 heterocycles. The van der Waals surface area contributed by atoms with Gasteiger partial charge in [0.1, 0.15) is 5.65 Å². The fourth-order valence-electron chi connectivity index (χ4n) is 2.25. The van der Waals surface area contributed by atoms with E-state index in [-0.39, 0.29) is 18.4 Å². The maximum Gasteiger partial charge on any atom is 0.251 e. The maximum atomic E-state index is 12.0. The predicted octanol–water partition coefficient (Wildman–Crippen LogP) is 2.91. The lowest BCUT2D eigenvalue weighted by atomic mass is 10.2. The molecular weight excluding hydrogens is 452 g/mol. The number of amides is 2. The average Bonchev–Trinajstić information content (AvgIpc) is 2.99. The summed E-state index contributed by atoms with van der Waals surface area (Å²) in [4.78, 5) is 28.3. The van der Waals surface area contributed by atoms with Crippen molar-refractivity contribution in [3.8, 4) is 0 Å². The van der Waals surface area contributed by atoms with Crippen molar-refractivity contribution in [3.05, 3.63) is 69.0 Å². The molecule has 2 N–H and O–H groups in total. The number of nitrogens with zero attached hydrogens (tertiary/aromatic N) is 2. The van der Waals surface area contributed by atoms with Crippen molar-refractivity contribution in [3.63, 3.8) is 0 Å². The van der Waals surface area contributed by atoms with E-state index in [9.17, 15) is 9.59 Å². The Kier molecular flexibility index (Phi) is 5.50. The number of benzene rings is 1. The minimum atomic E-state index is -0.297. The van der Waals surface area contributed by atoms with Crippen LogP contribution in [0.3, 0.4) is 0 Å². The lowest BCUT2D eigenvalue weighted by molar-refractivity contribution is -0.120. The summed E-state index contributed by atoms with van der Waals surface area (Å²) in [6.45, 7) is 0.204. The summed E-state index contributed by atoms with van der Waals surface area (Å²) in [7, 11) is 0. The normalized spacial score (nSPS) is 10.6. The summed E-state index contributed by atoms with van der Waals surface area (Å²) in [5.74, 6) is -0.574. The molecule has 0 radical (unpaired) electrons. The highest BCUT2D eigenvalue weighted by Crippen LogP contribution is 2.13. The molecule has 1 aromatic carbocycles. The number of aromatic nitrogens is 2. The monoisotopic (exact) mass is 464 g/mol. The lowest BCUT2D eigenvalue weighted by Crippen LogP contribution is -2.36. The average molecular weight is 466 g/mol. The van der Waals surface area contributed by atoms with Crippen LogP contribution in [0.4, 0.5) is 0 Å². The number of halogens is 2. The van der Waals surface area contributed by atoms with Gasteiger partial charge in [-0.05, 0) is 46.3 Å². The first-order chi connectivity index (χ1) is 12.0. The van der Waals surface area contributed by atoms with E-state index in [1.165, 1.54) is 0 Å². The molecule has 0 aliphatic rings. The van der Waals surface area contributed by atoms with Crippen molar-refractivity contribution < 1.29 is 9.59 Å². The van der Waals surface area contributed by atoms with E-state index in [0.29, 0.717) is 12.1 Å². The van der Waals surface area contributed by atoms with Crippen LogP contribution in [0.1, 0.15) is 16.1 Å². The van der Waals surface area contributed by atoms with Crippen LogP contribution in [0.25, 0.3) is 5.65 Å². The highest BCUT2D eigenvalue weighted by atomic mass is 79.9. The molecule has 128 valence electrons. The molecule has 25 heavy (non-hydrogen) atoms. The van der Waals surface area contributed by atoms with Crippen LogP contribution in [0.5, 0.6) is 0 Å². The van der Waals surface area contributed by atoms with Gasteiger partial charge < -0.3 is 15.0 Å². The molecule has 3 rings (SSSR count). The molecule has 0 bridgehead atoms. The topological polar surface area (TPSA) is 75.5 Å². The van der Waals surface area contributed by atoms with Gasteiger partial charge in [-0.1, -0.05) is 22.0 Å². The number of imidazole rings is 1. The Hall–Kier alpha value is -2.19. The number of hydrogen-bond donors (Lipinski definition) is 2. The smallest absolute Gasteiger partial charge is 0.251 e. The van der Waals surface area contributed by atoms with Crippen molar-refractivity contribution >= 4 is 49.3 Å². The van der Waals surface area contributed by atoms with Gasteiger partial charge in [-0.2, -0.15) is 0 Å². The number of rotatable bonds is 5. The van der Waals surface area contributed by atoms with Crippen LogP contribution >= 0.6 is 31.9 Å². The van der Waals surface area contributed by atoms with Crippen LogP contribution in [-0.4, -0.2) is 27.7 Å². The number of hydrogen-bond acceptors (Lipinski definition) is 3. The minimum absolute atomic E-state index is 0.0930. The second kappa shape index (κ2) is 7.79. The van der Waals surface area contributed by atoms with Crippen LogP contribution < -0.4 is 10.6 Å². The Morgan fingerprint density at radius 2 is 1.88 bits per heavy atom. The summed E-state index contributed by atoms with van der Waals surface area (Å²) < 4.78 is 3.63. The van der Waals surface area contributed by atoms with Crippen molar-refractivity contribution in [2.45, 2.75) is 6.54 Å². The van der Waals surface area contributed by atoms with Gasteiger partial charge in [-0.15, -0.1) is 0 Å². The zero-order valence-electron chi connectivity index (χ0n) is 13.0. The van der Waals surface area contributed by atoms with Crippen LogP contribution in [-0.2, 0) is 11.3 Å². The van der Waals surface area contributed by atoms with Gasteiger partial charge in [0.15, 0.2) is 0 Å². The third-order valence-corrected chi connectivity index (χ3v) is 4.39. The lowest BCUT2D eigenvalue weighted by Gasteiger charge is -2.06. The second-order valence-corrected chi connectivity index (χ2v) is 7.15. The SMILES string of the molecule is O=C(CNC(=O)c1cccc(Br)c1)NCc1cn2cc(Br)ccc2n1. The van der Waals surface area contributed by atoms with E-state index >= 15 is 0 Å². The number of fused-ring (bicyclic) bond motifs is 1. The van der Waals surface area contributed by atoms with Gasteiger partial charge >= 0.3 is 0 Å². The van der Waals surface area contributed by atoms with Crippen molar-refractivity contribution in [2.75, 3.05) is 6.54 Å². The van der Waals surface area contributed by atoms with Gasteiger partial charge in [0, 0.05) is 26.9 Å². The zero-order valence-corrected chi connectivity index (χ0v) is 16.2. The predicted molar refractivity (Wildman–Crippen MR) is 101 cm³/mol. The summed E-state index contributed by atoms with van der Waals surface area (Å²) in [5, 5.41) is 5.33. The summed E-state index contributed by atoms with van der Waals surface area (Å²) in [6, 6.07) is 10.8. The first-order valence-corrected chi connectivity index (χ1v) is 9.03. The van der Waals surface area contributed by atoms with Crippen molar-refractivity contribution in [1.82, 2.24) is 20.0 Å². The minimum Gasteiger partial charge on any atom is -0.349 e. The Morgan fingerprint density at radius 3 is 2.68 bits per heavy atom. The number of nitrogens with one attached hydrogen (secondary N) is 2. The van der Waals surface area contributed by atoms with Crippen molar-refractivity contribution in [1.29, 1.82) is 0 Å². The zero-order chi connectivity index (χ0) is 17.8. The Morgan fingerprint density at radius 1 is 1.04 bits per heavy atom. The Balaban J connectivity index is 1.51. The quantitative estimate of drug-likeness (QED) is 0.608. The highest BCUT2D eigenvalue weighted by Gasteiger charge is 2.09. The third-order valence-electron chi connectivity index (χ3n) is 3.43. The molecule has 3 aromatic rings. The van der Waals surface area contributed by atoms with Gasteiger partial charge in [0.2, 0.25) is 5.91 Å². The fourth-order valence-corrected chi connectivity index (χ4v) is 3.00. The van der Waals surface area contributed by atoms with E-state index in [4.69, 9.17) is 0 Å². The Labute approximate surface area is 160 Å². The molecule has 0 saturated heterocycles. The molecule has 2 aromatic heterocycles. The summed E-state index contributed by atoms with van der Waals surface area (Å²) in [6.07, 6.45) is 3.74. The molecule has 8 heteroatoms. The van der Waals surface area contributed by atoms with Crippen LogP contribution in [0.15, 0.2) is 57.7 Å². The molecule has 0 aliphatic carbocycles. The van der Waals surface area contributed by atoms with Gasteiger partial charge in [0.05, 0.1) is 18.8 Å². The molecule has 0 saturated carbocycles.